The van der Waals surface area contributed by atoms with Crippen LogP contribution in [0.3, 0.4) is 0 Å². The maximum Gasteiger partial charge on any atom is 0.352 e. The van der Waals surface area contributed by atoms with E-state index in [1.807, 2.05) is 0 Å². The van der Waals surface area contributed by atoms with Crippen molar-refractivity contribution in [3.05, 3.63) is 21.1 Å². The molecular formula is C10H6Br2N2O6S. The molecule has 2 rings (SSSR count). The first-order valence-electron chi connectivity index (χ1n) is 5.22. The highest BCUT2D eigenvalue weighted by molar-refractivity contribution is 9.11. The van der Waals surface area contributed by atoms with Crippen LogP contribution < -0.4 is 5.01 Å². The molecule has 0 bridgehead atoms. The van der Waals surface area contributed by atoms with E-state index in [1.165, 1.54) is 6.07 Å². The minimum atomic E-state index is -4.52. The Kier molecular flexibility index (Phi) is 4.19. The number of carboxylic acids is 1. The molecule has 11 heteroatoms. The molecule has 8 nitrogen and oxygen atoms in total. The van der Waals surface area contributed by atoms with Crippen LogP contribution in [0.1, 0.15) is 6.42 Å². The molecule has 1 aromatic carbocycles. The first-order valence-corrected chi connectivity index (χ1v) is 8.24. The van der Waals surface area contributed by atoms with E-state index >= 15 is 0 Å². The molecule has 0 radical (unpaired) electrons. The first kappa shape index (κ1) is 16.1. The van der Waals surface area contributed by atoms with Crippen molar-refractivity contribution in [1.82, 2.24) is 0 Å². The van der Waals surface area contributed by atoms with Crippen molar-refractivity contribution in [1.29, 1.82) is 0 Å². The highest BCUT2D eigenvalue weighted by Gasteiger charge is 2.33. The highest BCUT2D eigenvalue weighted by atomic mass is 79.9. The summed E-state index contributed by atoms with van der Waals surface area (Å²) in [4.78, 5) is 22.2. The molecule has 0 aromatic heterocycles. The lowest BCUT2D eigenvalue weighted by molar-refractivity contribution is -0.129. The van der Waals surface area contributed by atoms with E-state index in [1.54, 1.807) is 0 Å². The van der Waals surface area contributed by atoms with Crippen molar-refractivity contribution in [3.8, 4) is 0 Å². The monoisotopic (exact) mass is 440 g/mol. The molecule has 0 unspecified atom stereocenters. The lowest BCUT2D eigenvalue weighted by atomic mass is 10.2. The summed E-state index contributed by atoms with van der Waals surface area (Å²) in [7, 11) is -4.52. The molecule has 0 fully saturated rings. The standard InChI is InChI=1S/C10H6Br2N2O6S/c11-4-1-2-6(21(18,19)20)8(12)9(4)14-7(15)3-5(13-14)10(16)17/h1-2H,3H2,(H,16,17)(H,18,19,20). The number of carbonyl (C=O) groups is 2. The molecule has 0 spiro atoms. The van der Waals surface area contributed by atoms with Gasteiger partial charge < -0.3 is 5.11 Å². The fourth-order valence-electron chi connectivity index (χ4n) is 1.64. The Morgan fingerprint density at radius 2 is 1.95 bits per heavy atom. The number of rotatable bonds is 3. The van der Waals surface area contributed by atoms with Crippen molar-refractivity contribution in [2.45, 2.75) is 11.3 Å². The molecule has 112 valence electrons. The lowest BCUT2D eigenvalue weighted by Crippen LogP contribution is -2.21. The fourth-order valence-corrected chi connectivity index (χ4v) is 4.09. The van der Waals surface area contributed by atoms with Crippen molar-refractivity contribution in [3.63, 3.8) is 0 Å². The Morgan fingerprint density at radius 1 is 1.33 bits per heavy atom. The van der Waals surface area contributed by atoms with Gasteiger partial charge in [-0.05, 0) is 44.0 Å². The maximum atomic E-state index is 11.8. The summed E-state index contributed by atoms with van der Waals surface area (Å²) in [5, 5.41) is 13.3. The predicted molar refractivity (Wildman–Crippen MR) is 78.8 cm³/mol. The first-order chi connectivity index (χ1) is 9.62. The third kappa shape index (κ3) is 3.00. The van der Waals surface area contributed by atoms with E-state index in [-0.39, 0.29) is 15.9 Å². The number of carbonyl (C=O) groups excluding carboxylic acids is 1. The zero-order valence-corrected chi connectivity index (χ0v) is 13.9. The summed E-state index contributed by atoms with van der Waals surface area (Å²) < 4.78 is 31.8. The lowest BCUT2D eigenvalue weighted by Gasteiger charge is -2.17. The fraction of sp³-hybridized carbons (Fsp3) is 0.100. The number of hydrazone groups is 1. The van der Waals surface area contributed by atoms with Gasteiger partial charge in [-0.3, -0.25) is 9.35 Å². The molecule has 21 heavy (non-hydrogen) atoms. The molecule has 0 aliphatic carbocycles. The second kappa shape index (κ2) is 5.48. The summed E-state index contributed by atoms with van der Waals surface area (Å²) >= 11 is 6.11. The average molecular weight is 442 g/mol. The minimum Gasteiger partial charge on any atom is -0.477 e. The largest absolute Gasteiger partial charge is 0.477 e. The van der Waals surface area contributed by atoms with Gasteiger partial charge in [-0.25, -0.2) is 4.79 Å². The van der Waals surface area contributed by atoms with Crippen molar-refractivity contribution in [2.75, 3.05) is 5.01 Å². The smallest absolute Gasteiger partial charge is 0.352 e. The van der Waals surface area contributed by atoms with E-state index in [0.29, 0.717) is 4.47 Å². The molecule has 2 N–H and O–H groups in total. The van der Waals surface area contributed by atoms with Gasteiger partial charge in [0.15, 0.2) is 5.71 Å². The number of halogens is 2. The van der Waals surface area contributed by atoms with Crippen LogP contribution in [0.25, 0.3) is 0 Å². The topological polar surface area (TPSA) is 124 Å². The Labute approximate surface area is 135 Å². The second-order valence-corrected chi connectivity index (χ2v) is 6.95. The van der Waals surface area contributed by atoms with Crippen LogP contribution in [-0.4, -0.2) is 35.7 Å². The normalized spacial score (nSPS) is 15.3. The number of aliphatic carboxylic acids is 1. The van der Waals surface area contributed by atoms with Crippen LogP contribution in [0.4, 0.5) is 5.69 Å². The van der Waals surface area contributed by atoms with Crippen LogP contribution in [0.5, 0.6) is 0 Å². The molecule has 0 atom stereocenters. The number of amides is 1. The quantitative estimate of drug-likeness (QED) is 0.687. The molecule has 1 aromatic rings. The van der Waals surface area contributed by atoms with Crippen molar-refractivity contribution in [2.24, 2.45) is 5.10 Å². The Hall–Kier alpha value is -1.30. The summed E-state index contributed by atoms with van der Waals surface area (Å²) in [6.45, 7) is 0. The van der Waals surface area contributed by atoms with Crippen LogP contribution >= 0.6 is 31.9 Å². The Balaban J connectivity index is 2.65. The van der Waals surface area contributed by atoms with Crippen LogP contribution in [-0.2, 0) is 19.7 Å². The Morgan fingerprint density at radius 3 is 2.43 bits per heavy atom. The van der Waals surface area contributed by atoms with Crippen LogP contribution in [0.2, 0.25) is 0 Å². The summed E-state index contributed by atoms with van der Waals surface area (Å²) in [5.74, 6) is -1.98. The number of hydrogen-bond acceptors (Lipinski definition) is 5. The van der Waals surface area contributed by atoms with E-state index in [0.717, 1.165) is 11.1 Å². The number of anilines is 1. The van der Waals surface area contributed by atoms with Crippen LogP contribution in [0, 0.1) is 0 Å². The highest BCUT2D eigenvalue weighted by Crippen LogP contribution is 2.40. The zero-order valence-electron chi connectivity index (χ0n) is 9.95. The van der Waals surface area contributed by atoms with Gasteiger partial charge in [0.05, 0.1) is 16.6 Å². The Bertz CT molecular complexity index is 789. The summed E-state index contributed by atoms with van der Waals surface area (Å²) in [6.07, 6.45) is -0.412. The number of benzene rings is 1. The van der Waals surface area contributed by atoms with E-state index < -0.39 is 33.3 Å². The van der Waals surface area contributed by atoms with Gasteiger partial charge in [0.1, 0.15) is 4.90 Å². The molecular weight excluding hydrogens is 436 g/mol. The third-order valence-corrected chi connectivity index (χ3v) is 5.14. The molecule has 1 aliphatic rings. The summed E-state index contributed by atoms with van der Waals surface area (Å²) in [6, 6.07) is 2.42. The van der Waals surface area contributed by atoms with Gasteiger partial charge in [-0.1, -0.05) is 0 Å². The molecule has 1 amide bonds. The van der Waals surface area contributed by atoms with Gasteiger partial charge >= 0.3 is 5.97 Å². The van der Waals surface area contributed by atoms with E-state index in [2.05, 4.69) is 37.0 Å². The molecule has 0 saturated heterocycles. The predicted octanol–water partition coefficient (Wildman–Crippen LogP) is 1.64. The number of nitrogens with zero attached hydrogens (tertiary/aromatic N) is 2. The zero-order chi connectivity index (χ0) is 15.9. The summed E-state index contributed by atoms with van der Waals surface area (Å²) in [5.41, 5.74) is -0.373. The molecule has 1 aliphatic heterocycles. The number of hydrogen-bond donors (Lipinski definition) is 2. The maximum absolute atomic E-state index is 11.8. The van der Waals surface area contributed by atoms with Gasteiger partial charge in [-0.2, -0.15) is 18.5 Å². The third-order valence-electron chi connectivity index (χ3n) is 2.54. The van der Waals surface area contributed by atoms with E-state index in [9.17, 15) is 18.0 Å². The minimum absolute atomic E-state index is 0.00799. The molecule has 1 heterocycles. The van der Waals surface area contributed by atoms with Crippen molar-refractivity contribution < 1.29 is 27.7 Å². The van der Waals surface area contributed by atoms with Crippen molar-refractivity contribution >= 4 is 65.3 Å². The van der Waals surface area contributed by atoms with Crippen LogP contribution in [0.15, 0.2) is 31.1 Å². The second-order valence-electron chi connectivity index (χ2n) is 3.92. The number of carboxylic acid groups (broad SMARTS) is 1. The van der Waals surface area contributed by atoms with Gasteiger partial charge in [-0.15, -0.1) is 0 Å². The SMILES string of the molecule is O=C(O)C1=NN(c2c(Br)ccc(S(=O)(=O)O)c2Br)C(=O)C1. The van der Waals surface area contributed by atoms with Gasteiger partial charge in [0.2, 0.25) is 0 Å². The van der Waals surface area contributed by atoms with Gasteiger partial charge in [0, 0.05) is 4.47 Å². The van der Waals surface area contributed by atoms with E-state index in [4.69, 9.17) is 9.66 Å². The average Bonchev–Trinajstić information content (AvgIpc) is 2.70. The molecule has 0 saturated carbocycles. The van der Waals surface area contributed by atoms with Gasteiger partial charge in [0.25, 0.3) is 16.0 Å².